The Morgan fingerprint density at radius 3 is 2.64 bits per heavy atom. The van der Waals surface area contributed by atoms with Crippen LogP contribution in [0.4, 0.5) is 4.39 Å². The van der Waals surface area contributed by atoms with Gasteiger partial charge in [-0.25, -0.2) is 9.37 Å². The van der Waals surface area contributed by atoms with Gasteiger partial charge in [0.1, 0.15) is 11.6 Å². The lowest BCUT2D eigenvalue weighted by atomic mass is 10.1. The van der Waals surface area contributed by atoms with Crippen molar-refractivity contribution in [3.8, 4) is 5.69 Å². The maximum atomic E-state index is 12.9. The van der Waals surface area contributed by atoms with Crippen molar-refractivity contribution in [3.63, 3.8) is 0 Å². The van der Waals surface area contributed by atoms with E-state index in [1.54, 1.807) is 6.20 Å². The van der Waals surface area contributed by atoms with Crippen molar-refractivity contribution in [2.45, 2.75) is 19.6 Å². The zero-order valence-corrected chi connectivity index (χ0v) is 13.7. The topological polar surface area (TPSA) is 67.2 Å². The molecule has 2 N–H and O–H groups in total. The molecule has 0 unspecified atom stereocenters. The van der Waals surface area contributed by atoms with Crippen LogP contribution < -0.4 is 5.32 Å². The Morgan fingerprint density at radius 1 is 1.24 bits per heavy atom. The van der Waals surface area contributed by atoms with Gasteiger partial charge >= 0.3 is 0 Å². The Bertz CT molecular complexity index is 874. The van der Waals surface area contributed by atoms with Crippen LogP contribution in [0.25, 0.3) is 5.69 Å². The van der Waals surface area contributed by atoms with Gasteiger partial charge in [-0.15, -0.1) is 0 Å². The number of aliphatic hydroxyl groups excluding tert-OH is 1. The highest BCUT2D eigenvalue weighted by molar-refractivity contribution is 5.81. The standard InChI is InChI=1S/C19H18FN3O2/c1-13-21-10-11-23(13)17-5-3-2-4-15(17)12-22-19(25)18(24)14-6-8-16(20)9-7-14/h2-11,18,24H,12H2,1H3,(H,22,25)/t18-/m0/s1. The zero-order chi connectivity index (χ0) is 17.8. The molecule has 128 valence electrons. The van der Waals surface area contributed by atoms with E-state index in [4.69, 9.17) is 0 Å². The fourth-order valence-electron chi connectivity index (χ4n) is 2.60. The van der Waals surface area contributed by atoms with Gasteiger partial charge in [-0.05, 0) is 36.2 Å². The molecule has 0 bridgehead atoms. The molecule has 0 aliphatic carbocycles. The molecule has 1 aromatic heterocycles. The van der Waals surface area contributed by atoms with Crippen molar-refractivity contribution in [1.82, 2.24) is 14.9 Å². The summed E-state index contributed by atoms with van der Waals surface area (Å²) in [5, 5.41) is 12.8. The summed E-state index contributed by atoms with van der Waals surface area (Å²) in [5.41, 5.74) is 2.15. The van der Waals surface area contributed by atoms with E-state index >= 15 is 0 Å². The van der Waals surface area contributed by atoms with E-state index in [1.807, 2.05) is 42.0 Å². The summed E-state index contributed by atoms with van der Waals surface area (Å²) in [6.07, 6.45) is 2.22. The molecule has 1 amide bonds. The molecular formula is C19H18FN3O2. The van der Waals surface area contributed by atoms with E-state index in [1.165, 1.54) is 24.3 Å². The number of nitrogens with one attached hydrogen (secondary N) is 1. The van der Waals surface area contributed by atoms with Crippen molar-refractivity contribution in [1.29, 1.82) is 0 Å². The molecule has 0 aliphatic rings. The van der Waals surface area contributed by atoms with E-state index in [9.17, 15) is 14.3 Å². The monoisotopic (exact) mass is 339 g/mol. The summed E-state index contributed by atoms with van der Waals surface area (Å²) in [7, 11) is 0. The lowest BCUT2D eigenvalue weighted by Crippen LogP contribution is -2.29. The summed E-state index contributed by atoms with van der Waals surface area (Å²) in [6, 6.07) is 12.8. The second kappa shape index (κ2) is 7.27. The first-order valence-electron chi connectivity index (χ1n) is 7.86. The van der Waals surface area contributed by atoms with Crippen LogP contribution >= 0.6 is 0 Å². The number of aliphatic hydroxyl groups is 1. The fraction of sp³-hybridized carbons (Fsp3) is 0.158. The largest absolute Gasteiger partial charge is 0.378 e. The number of para-hydroxylation sites is 1. The smallest absolute Gasteiger partial charge is 0.253 e. The predicted octanol–water partition coefficient (Wildman–Crippen LogP) is 2.67. The zero-order valence-electron chi connectivity index (χ0n) is 13.7. The molecule has 5 nitrogen and oxygen atoms in total. The van der Waals surface area contributed by atoms with Crippen LogP contribution in [-0.2, 0) is 11.3 Å². The van der Waals surface area contributed by atoms with Crippen molar-refractivity contribution >= 4 is 5.91 Å². The number of imidazole rings is 1. The normalized spacial score (nSPS) is 12.0. The first kappa shape index (κ1) is 16.9. The van der Waals surface area contributed by atoms with E-state index in [0.717, 1.165) is 17.1 Å². The predicted molar refractivity (Wildman–Crippen MR) is 91.5 cm³/mol. The third-order valence-electron chi connectivity index (χ3n) is 3.96. The molecule has 1 atom stereocenters. The number of nitrogens with zero attached hydrogens (tertiary/aromatic N) is 2. The first-order chi connectivity index (χ1) is 12.1. The summed E-state index contributed by atoms with van der Waals surface area (Å²) in [4.78, 5) is 16.4. The molecule has 0 saturated carbocycles. The lowest BCUT2D eigenvalue weighted by Gasteiger charge is -2.15. The van der Waals surface area contributed by atoms with Crippen molar-refractivity contribution in [2.75, 3.05) is 0 Å². The van der Waals surface area contributed by atoms with Gasteiger partial charge < -0.3 is 15.0 Å². The van der Waals surface area contributed by atoms with Crippen molar-refractivity contribution < 1.29 is 14.3 Å². The number of rotatable bonds is 5. The van der Waals surface area contributed by atoms with Gasteiger partial charge in [-0.2, -0.15) is 0 Å². The Morgan fingerprint density at radius 2 is 1.96 bits per heavy atom. The average molecular weight is 339 g/mol. The number of aryl methyl sites for hydroxylation is 1. The summed E-state index contributed by atoms with van der Waals surface area (Å²) < 4.78 is 14.9. The van der Waals surface area contributed by atoms with Gasteiger partial charge in [0.25, 0.3) is 5.91 Å². The van der Waals surface area contributed by atoms with E-state index < -0.39 is 17.8 Å². The van der Waals surface area contributed by atoms with Crippen molar-refractivity contribution in [3.05, 3.63) is 83.7 Å². The molecule has 3 rings (SSSR count). The molecule has 0 aliphatic heterocycles. The number of carbonyl (C=O) groups is 1. The van der Waals surface area contributed by atoms with Crippen LogP contribution in [0.5, 0.6) is 0 Å². The summed E-state index contributed by atoms with van der Waals surface area (Å²) >= 11 is 0. The highest BCUT2D eigenvalue weighted by Crippen LogP contribution is 2.17. The maximum absolute atomic E-state index is 12.9. The van der Waals surface area contributed by atoms with Gasteiger partial charge in [0, 0.05) is 18.9 Å². The van der Waals surface area contributed by atoms with Crippen LogP contribution in [0, 0.1) is 12.7 Å². The molecular weight excluding hydrogens is 321 g/mol. The molecule has 1 heterocycles. The average Bonchev–Trinajstić information content (AvgIpc) is 3.05. The third kappa shape index (κ3) is 3.75. The molecule has 0 spiro atoms. The number of halogens is 1. The fourth-order valence-corrected chi connectivity index (χ4v) is 2.60. The van der Waals surface area contributed by atoms with Gasteiger partial charge in [-0.3, -0.25) is 4.79 Å². The number of hydrogen-bond donors (Lipinski definition) is 2. The molecule has 25 heavy (non-hydrogen) atoms. The quantitative estimate of drug-likeness (QED) is 0.751. The minimum absolute atomic E-state index is 0.255. The van der Waals surface area contributed by atoms with Gasteiger partial charge in [0.05, 0.1) is 5.69 Å². The highest BCUT2D eigenvalue weighted by Gasteiger charge is 2.17. The third-order valence-corrected chi connectivity index (χ3v) is 3.96. The van der Waals surface area contributed by atoms with Crippen LogP contribution in [0.3, 0.4) is 0 Å². The molecule has 2 aromatic carbocycles. The molecule has 0 saturated heterocycles. The second-order valence-corrected chi connectivity index (χ2v) is 5.65. The highest BCUT2D eigenvalue weighted by atomic mass is 19.1. The second-order valence-electron chi connectivity index (χ2n) is 5.65. The number of carbonyl (C=O) groups excluding carboxylic acids is 1. The van der Waals surface area contributed by atoms with Gasteiger partial charge in [0.2, 0.25) is 0 Å². The maximum Gasteiger partial charge on any atom is 0.253 e. The Hall–Kier alpha value is -2.99. The minimum atomic E-state index is -1.34. The SMILES string of the molecule is Cc1nccn1-c1ccccc1CNC(=O)[C@@H](O)c1ccc(F)cc1. The number of hydrogen-bond acceptors (Lipinski definition) is 3. The molecule has 3 aromatic rings. The lowest BCUT2D eigenvalue weighted by molar-refractivity contribution is -0.129. The first-order valence-corrected chi connectivity index (χ1v) is 7.86. The summed E-state index contributed by atoms with van der Waals surface area (Å²) in [5.74, 6) is -0.116. The summed E-state index contributed by atoms with van der Waals surface area (Å²) in [6.45, 7) is 2.15. The Balaban J connectivity index is 1.73. The minimum Gasteiger partial charge on any atom is -0.378 e. The van der Waals surface area contributed by atoms with E-state index in [-0.39, 0.29) is 6.54 Å². The molecule has 6 heteroatoms. The number of benzene rings is 2. The van der Waals surface area contributed by atoms with Gasteiger partial charge in [-0.1, -0.05) is 30.3 Å². The van der Waals surface area contributed by atoms with Crippen molar-refractivity contribution in [2.24, 2.45) is 0 Å². The van der Waals surface area contributed by atoms with Crippen LogP contribution in [0.2, 0.25) is 0 Å². The van der Waals surface area contributed by atoms with E-state index in [2.05, 4.69) is 10.3 Å². The number of amides is 1. The van der Waals surface area contributed by atoms with Crippen LogP contribution in [0.1, 0.15) is 23.1 Å². The van der Waals surface area contributed by atoms with Gasteiger partial charge in [0.15, 0.2) is 6.10 Å². The number of aromatic nitrogens is 2. The van der Waals surface area contributed by atoms with Crippen LogP contribution in [0.15, 0.2) is 60.9 Å². The Labute approximate surface area is 144 Å². The Kier molecular flexibility index (Phi) is 4.90. The molecule has 0 fully saturated rings. The van der Waals surface area contributed by atoms with E-state index in [0.29, 0.717) is 5.56 Å². The van der Waals surface area contributed by atoms with Crippen LogP contribution in [-0.4, -0.2) is 20.6 Å². The molecule has 0 radical (unpaired) electrons.